The Balaban J connectivity index is 0.000000673. The maximum absolute atomic E-state index is 3.81. The van der Waals surface area contributed by atoms with Gasteiger partial charge in [0.1, 0.15) is 0 Å². The van der Waals surface area contributed by atoms with Crippen LogP contribution in [0.3, 0.4) is 0 Å². The van der Waals surface area contributed by atoms with Crippen molar-refractivity contribution in [2.75, 3.05) is 0 Å². The van der Waals surface area contributed by atoms with Crippen LogP contribution >= 0.6 is 0 Å². The summed E-state index contributed by atoms with van der Waals surface area (Å²) in [5, 5.41) is 0. The Morgan fingerprint density at radius 3 is 2.31 bits per heavy atom. The third-order valence-corrected chi connectivity index (χ3v) is 2.29. The van der Waals surface area contributed by atoms with Gasteiger partial charge in [0.2, 0.25) is 0 Å². The molecule has 0 aliphatic carbocycles. The normalized spacial score (nSPS) is 10.4. The van der Waals surface area contributed by atoms with Gasteiger partial charge in [-0.2, -0.15) is 0 Å². The van der Waals surface area contributed by atoms with Gasteiger partial charge in [-0.05, 0) is 37.5 Å². The van der Waals surface area contributed by atoms with Crippen LogP contribution in [-0.4, -0.2) is 0 Å². The molecule has 0 atom stereocenters. The topological polar surface area (TPSA) is 0 Å². The molecule has 1 aromatic rings. The van der Waals surface area contributed by atoms with Gasteiger partial charge < -0.3 is 0 Å². The number of allylic oxidation sites excluding steroid dienone is 2. The third kappa shape index (κ3) is 4.48. The van der Waals surface area contributed by atoms with Crippen LogP contribution in [0.15, 0.2) is 30.9 Å². The smallest absolute Gasteiger partial charge is 0.0156 e. The highest BCUT2D eigenvalue weighted by Crippen LogP contribution is 2.21. The molecule has 0 aliphatic rings. The summed E-state index contributed by atoms with van der Waals surface area (Å²) in [6.45, 7) is 14.4. The molecule has 0 nitrogen and oxygen atoms in total. The average molecular weight is 216 g/mol. The first kappa shape index (κ1) is 14.7. The Bertz CT molecular complexity index is 356. The van der Waals surface area contributed by atoms with Gasteiger partial charge in [-0.3, -0.25) is 0 Å². The Morgan fingerprint density at radius 2 is 1.88 bits per heavy atom. The van der Waals surface area contributed by atoms with E-state index in [1.54, 1.807) is 0 Å². The lowest BCUT2D eigenvalue weighted by atomic mass is 9.98. The predicted molar refractivity (Wildman–Crippen MR) is 76.6 cm³/mol. The lowest BCUT2D eigenvalue weighted by Crippen LogP contribution is -1.86. The molecule has 0 radical (unpaired) electrons. The van der Waals surface area contributed by atoms with Gasteiger partial charge in [-0.25, -0.2) is 0 Å². The SMILES string of the molecule is C=Cc1ccc(C)cc1/C(C)=C\C.CCC. The highest BCUT2D eigenvalue weighted by atomic mass is 14.0. The molecule has 0 unspecified atom stereocenters. The first-order chi connectivity index (χ1) is 7.60. The fraction of sp³-hybridized carbons (Fsp3) is 0.375. The molecule has 0 aliphatic heterocycles. The minimum absolute atomic E-state index is 1.21. The van der Waals surface area contributed by atoms with E-state index in [4.69, 9.17) is 0 Å². The van der Waals surface area contributed by atoms with E-state index in [0.29, 0.717) is 0 Å². The number of hydrogen-bond donors (Lipinski definition) is 0. The Morgan fingerprint density at radius 1 is 1.31 bits per heavy atom. The third-order valence-electron chi connectivity index (χ3n) is 2.29. The molecule has 0 amide bonds. The number of benzene rings is 1. The van der Waals surface area contributed by atoms with Crippen LogP contribution in [0.5, 0.6) is 0 Å². The lowest BCUT2D eigenvalue weighted by Gasteiger charge is -2.07. The van der Waals surface area contributed by atoms with E-state index in [1.165, 1.54) is 28.7 Å². The van der Waals surface area contributed by atoms with Crippen molar-refractivity contribution in [3.05, 3.63) is 47.5 Å². The van der Waals surface area contributed by atoms with Crippen molar-refractivity contribution in [3.63, 3.8) is 0 Å². The second-order valence-corrected chi connectivity index (χ2v) is 3.97. The van der Waals surface area contributed by atoms with E-state index >= 15 is 0 Å². The van der Waals surface area contributed by atoms with Crippen molar-refractivity contribution in [1.29, 1.82) is 0 Å². The molecular formula is C16H24. The molecule has 0 aromatic heterocycles. The van der Waals surface area contributed by atoms with E-state index in [9.17, 15) is 0 Å². The van der Waals surface area contributed by atoms with Gasteiger partial charge in [-0.15, -0.1) is 0 Å². The number of rotatable bonds is 2. The fourth-order valence-electron chi connectivity index (χ4n) is 1.35. The maximum atomic E-state index is 3.81. The highest BCUT2D eigenvalue weighted by Gasteiger charge is 2.00. The Hall–Kier alpha value is -1.30. The van der Waals surface area contributed by atoms with Gasteiger partial charge in [0.05, 0.1) is 0 Å². The summed E-state index contributed by atoms with van der Waals surface area (Å²) in [7, 11) is 0. The monoisotopic (exact) mass is 216 g/mol. The highest BCUT2D eigenvalue weighted by molar-refractivity contribution is 5.73. The zero-order valence-electron chi connectivity index (χ0n) is 11.3. The van der Waals surface area contributed by atoms with Gasteiger partial charge in [0, 0.05) is 0 Å². The second-order valence-electron chi connectivity index (χ2n) is 3.97. The summed E-state index contributed by atoms with van der Waals surface area (Å²) in [6.07, 6.45) is 5.28. The number of aryl methyl sites for hydroxylation is 1. The molecule has 0 heteroatoms. The summed E-state index contributed by atoms with van der Waals surface area (Å²) >= 11 is 0. The van der Waals surface area contributed by atoms with Crippen molar-refractivity contribution < 1.29 is 0 Å². The van der Waals surface area contributed by atoms with Gasteiger partial charge in [0.15, 0.2) is 0 Å². The summed E-state index contributed by atoms with van der Waals surface area (Å²) < 4.78 is 0. The standard InChI is InChI=1S/C13H16.C3H8/c1-5-11(4)13-9-10(3)7-8-12(13)6-2;1-3-2/h5-9H,2H2,1,3-4H3;3H2,1-2H3/b11-5-;. The lowest BCUT2D eigenvalue weighted by molar-refractivity contribution is 1.09. The summed E-state index contributed by atoms with van der Waals surface area (Å²) in [5.41, 5.74) is 5.10. The summed E-state index contributed by atoms with van der Waals surface area (Å²) in [6, 6.07) is 6.43. The van der Waals surface area contributed by atoms with Gasteiger partial charge >= 0.3 is 0 Å². The van der Waals surface area contributed by atoms with E-state index in [2.05, 4.69) is 65.5 Å². The van der Waals surface area contributed by atoms with Crippen molar-refractivity contribution in [1.82, 2.24) is 0 Å². The molecule has 1 aromatic carbocycles. The van der Waals surface area contributed by atoms with E-state index in [1.807, 2.05) is 6.08 Å². The van der Waals surface area contributed by atoms with Gasteiger partial charge in [0.25, 0.3) is 0 Å². The van der Waals surface area contributed by atoms with Crippen LogP contribution in [0, 0.1) is 6.92 Å². The van der Waals surface area contributed by atoms with Gasteiger partial charge in [-0.1, -0.05) is 62.8 Å². The average Bonchev–Trinajstić information content (AvgIpc) is 2.29. The van der Waals surface area contributed by atoms with Crippen molar-refractivity contribution in [3.8, 4) is 0 Å². The van der Waals surface area contributed by atoms with E-state index in [0.717, 1.165) is 0 Å². The molecule has 16 heavy (non-hydrogen) atoms. The van der Waals surface area contributed by atoms with Crippen LogP contribution in [0.25, 0.3) is 11.6 Å². The van der Waals surface area contributed by atoms with Crippen LogP contribution in [0.4, 0.5) is 0 Å². The van der Waals surface area contributed by atoms with E-state index in [-0.39, 0.29) is 0 Å². The molecule has 0 N–H and O–H groups in total. The van der Waals surface area contributed by atoms with Crippen molar-refractivity contribution >= 4 is 11.6 Å². The molecule has 88 valence electrons. The fourth-order valence-corrected chi connectivity index (χ4v) is 1.35. The summed E-state index contributed by atoms with van der Waals surface area (Å²) in [4.78, 5) is 0. The van der Waals surface area contributed by atoms with Crippen LogP contribution in [-0.2, 0) is 0 Å². The van der Waals surface area contributed by atoms with Crippen LogP contribution in [0.1, 0.15) is 50.8 Å². The first-order valence-corrected chi connectivity index (χ1v) is 5.97. The zero-order valence-corrected chi connectivity index (χ0v) is 11.3. The molecule has 0 heterocycles. The molecule has 1 rings (SSSR count). The quantitative estimate of drug-likeness (QED) is 0.614. The minimum Gasteiger partial charge on any atom is -0.0984 e. The van der Waals surface area contributed by atoms with Crippen LogP contribution < -0.4 is 0 Å². The molecule has 0 saturated carbocycles. The molecule has 0 bridgehead atoms. The predicted octanol–water partition coefficient (Wildman–Crippen LogP) is 5.48. The molecular weight excluding hydrogens is 192 g/mol. The Kier molecular flexibility index (Phi) is 7.28. The Labute approximate surface area is 101 Å². The first-order valence-electron chi connectivity index (χ1n) is 5.97. The minimum atomic E-state index is 1.21. The number of hydrogen-bond acceptors (Lipinski definition) is 0. The van der Waals surface area contributed by atoms with Crippen molar-refractivity contribution in [2.24, 2.45) is 0 Å². The molecule has 0 fully saturated rings. The summed E-state index contributed by atoms with van der Waals surface area (Å²) in [5.74, 6) is 0. The largest absolute Gasteiger partial charge is 0.0984 e. The molecule has 0 spiro atoms. The van der Waals surface area contributed by atoms with E-state index < -0.39 is 0 Å². The molecule has 0 saturated heterocycles. The van der Waals surface area contributed by atoms with Crippen molar-refractivity contribution in [2.45, 2.75) is 41.0 Å². The van der Waals surface area contributed by atoms with Crippen LogP contribution in [0.2, 0.25) is 0 Å². The zero-order chi connectivity index (χ0) is 12.6. The second kappa shape index (κ2) is 7.92. The maximum Gasteiger partial charge on any atom is -0.0156 e.